The predicted molar refractivity (Wildman–Crippen MR) is 64.8 cm³/mol. The van der Waals surface area contributed by atoms with Crippen molar-refractivity contribution >= 4 is 11.4 Å². The van der Waals surface area contributed by atoms with Gasteiger partial charge in [0.15, 0.2) is 0 Å². The Bertz CT molecular complexity index is 432. The third-order valence-corrected chi connectivity index (χ3v) is 2.64. The number of hydrogen-bond acceptors (Lipinski definition) is 4. The second-order valence-corrected chi connectivity index (χ2v) is 3.86. The van der Waals surface area contributed by atoms with Crippen LogP contribution in [0.4, 0.5) is 11.4 Å². The molecule has 1 N–H and O–H groups in total. The Morgan fingerprint density at radius 3 is 3.00 bits per heavy atom. The molecule has 1 aromatic rings. The van der Waals surface area contributed by atoms with Crippen LogP contribution in [-0.4, -0.2) is 17.6 Å². The maximum absolute atomic E-state index is 10.8. The summed E-state index contributed by atoms with van der Waals surface area (Å²) in [4.78, 5) is 10.4. The van der Waals surface area contributed by atoms with E-state index in [0.29, 0.717) is 12.2 Å². The fourth-order valence-electron chi connectivity index (χ4n) is 1.74. The molecule has 90 valence electrons. The lowest BCUT2D eigenvalue weighted by molar-refractivity contribution is -0.384. The predicted octanol–water partition coefficient (Wildman–Crippen LogP) is 2.70. The summed E-state index contributed by atoms with van der Waals surface area (Å²) in [7, 11) is 0. The van der Waals surface area contributed by atoms with Gasteiger partial charge in [0.05, 0.1) is 17.7 Å². The van der Waals surface area contributed by atoms with Gasteiger partial charge in [0.25, 0.3) is 5.69 Å². The van der Waals surface area contributed by atoms with E-state index < -0.39 is 0 Å². The molecular weight excluding hydrogens is 220 g/mol. The number of nitro benzene ring substituents is 1. The zero-order valence-electron chi connectivity index (χ0n) is 9.33. The fraction of sp³-hybridized carbons (Fsp3) is 0.333. The van der Waals surface area contributed by atoms with Crippen LogP contribution >= 0.6 is 0 Å². The van der Waals surface area contributed by atoms with Crippen LogP contribution in [0.3, 0.4) is 0 Å². The Balaban J connectivity index is 1.98. The molecule has 1 atom stereocenters. The quantitative estimate of drug-likeness (QED) is 0.642. The van der Waals surface area contributed by atoms with E-state index in [1.54, 1.807) is 24.5 Å². The largest absolute Gasteiger partial charge is 0.497 e. The topological polar surface area (TPSA) is 64.4 Å². The molecule has 0 saturated heterocycles. The molecule has 1 aliphatic rings. The molecule has 0 aliphatic carbocycles. The average molecular weight is 234 g/mol. The van der Waals surface area contributed by atoms with Gasteiger partial charge in [-0.3, -0.25) is 10.1 Å². The normalized spacial score (nSPS) is 18.5. The highest BCUT2D eigenvalue weighted by Gasteiger charge is 2.15. The lowest BCUT2D eigenvalue weighted by Gasteiger charge is -2.20. The highest BCUT2D eigenvalue weighted by Crippen LogP contribution is 2.23. The van der Waals surface area contributed by atoms with E-state index >= 15 is 0 Å². The molecule has 2 rings (SSSR count). The molecule has 0 amide bonds. The molecule has 17 heavy (non-hydrogen) atoms. The van der Waals surface area contributed by atoms with Crippen molar-refractivity contribution in [2.75, 3.05) is 11.9 Å². The maximum atomic E-state index is 10.8. The van der Waals surface area contributed by atoms with Crippen molar-refractivity contribution in [3.63, 3.8) is 0 Å². The van der Waals surface area contributed by atoms with Gasteiger partial charge in [0.1, 0.15) is 11.8 Å². The first-order chi connectivity index (χ1) is 8.27. The van der Waals surface area contributed by atoms with Gasteiger partial charge >= 0.3 is 0 Å². The number of para-hydroxylation sites is 2. The number of benzene rings is 1. The van der Waals surface area contributed by atoms with Crippen molar-refractivity contribution in [2.24, 2.45) is 0 Å². The van der Waals surface area contributed by atoms with Crippen LogP contribution in [-0.2, 0) is 4.74 Å². The third-order valence-electron chi connectivity index (χ3n) is 2.64. The van der Waals surface area contributed by atoms with E-state index in [0.717, 1.165) is 12.8 Å². The minimum absolute atomic E-state index is 0.0832. The van der Waals surface area contributed by atoms with E-state index in [2.05, 4.69) is 5.32 Å². The summed E-state index contributed by atoms with van der Waals surface area (Å²) in [6.45, 7) is 0.579. The maximum Gasteiger partial charge on any atom is 0.292 e. The number of ether oxygens (including phenoxy) is 1. The molecule has 5 nitrogen and oxygen atoms in total. The number of nitrogens with zero attached hydrogens (tertiary/aromatic N) is 1. The summed E-state index contributed by atoms with van der Waals surface area (Å²) in [5.74, 6) is 0. The first-order valence-corrected chi connectivity index (χ1v) is 5.55. The molecule has 0 saturated carbocycles. The minimum Gasteiger partial charge on any atom is -0.497 e. The van der Waals surface area contributed by atoms with Crippen LogP contribution in [0.1, 0.15) is 12.8 Å². The van der Waals surface area contributed by atoms with Gasteiger partial charge in [-0.2, -0.15) is 0 Å². The van der Waals surface area contributed by atoms with E-state index in [4.69, 9.17) is 4.74 Å². The Labute approximate surface area is 99.2 Å². The van der Waals surface area contributed by atoms with Crippen molar-refractivity contribution in [3.8, 4) is 0 Å². The molecule has 1 heterocycles. The van der Waals surface area contributed by atoms with Crippen molar-refractivity contribution < 1.29 is 9.66 Å². The Hall–Kier alpha value is -2.04. The zero-order chi connectivity index (χ0) is 12.1. The molecule has 1 aliphatic heterocycles. The van der Waals surface area contributed by atoms with E-state index in [1.807, 2.05) is 6.08 Å². The fourth-order valence-corrected chi connectivity index (χ4v) is 1.74. The van der Waals surface area contributed by atoms with Crippen LogP contribution in [0.2, 0.25) is 0 Å². The van der Waals surface area contributed by atoms with Crippen LogP contribution in [0.25, 0.3) is 0 Å². The summed E-state index contributed by atoms with van der Waals surface area (Å²) in [6.07, 6.45) is 5.67. The smallest absolute Gasteiger partial charge is 0.292 e. The molecule has 0 radical (unpaired) electrons. The Morgan fingerprint density at radius 1 is 1.47 bits per heavy atom. The molecule has 5 heteroatoms. The number of hydrogen-bond donors (Lipinski definition) is 1. The van der Waals surface area contributed by atoms with Crippen LogP contribution in [0.15, 0.2) is 36.6 Å². The molecule has 0 aromatic heterocycles. The van der Waals surface area contributed by atoms with E-state index in [1.165, 1.54) is 6.07 Å². The van der Waals surface area contributed by atoms with E-state index in [9.17, 15) is 10.1 Å². The lowest BCUT2D eigenvalue weighted by atomic mass is 10.1. The number of rotatable bonds is 4. The summed E-state index contributed by atoms with van der Waals surface area (Å²) in [5.41, 5.74) is 0.634. The van der Waals surface area contributed by atoms with E-state index in [-0.39, 0.29) is 16.7 Å². The SMILES string of the molecule is O=[N+]([O-])c1ccccc1NCC1CCC=CO1. The van der Waals surface area contributed by atoms with Gasteiger partial charge in [-0.15, -0.1) is 0 Å². The van der Waals surface area contributed by atoms with Crippen LogP contribution in [0, 0.1) is 10.1 Å². The number of nitrogens with one attached hydrogen (secondary N) is 1. The van der Waals surface area contributed by atoms with Gasteiger partial charge in [-0.25, -0.2) is 0 Å². The summed E-state index contributed by atoms with van der Waals surface area (Å²) >= 11 is 0. The number of nitro groups is 1. The zero-order valence-corrected chi connectivity index (χ0v) is 9.33. The Morgan fingerprint density at radius 2 is 2.29 bits per heavy atom. The van der Waals surface area contributed by atoms with Gasteiger partial charge in [0, 0.05) is 6.07 Å². The summed E-state index contributed by atoms with van der Waals surface area (Å²) in [5, 5.41) is 13.9. The molecule has 0 fully saturated rings. The van der Waals surface area contributed by atoms with Crippen molar-refractivity contribution in [3.05, 3.63) is 46.7 Å². The highest BCUT2D eigenvalue weighted by molar-refractivity contribution is 5.61. The first kappa shape index (κ1) is 11.4. The van der Waals surface area contributed by atoms with Gasteiger partial charge in [0.2, 0.25) is 0 Å². The van der Waals surface area contributed by atoms with Crippen LogP contribution in [0.5, 0.6) is 0 Å². The van der Waals surface area contributed by atoms with Gasteiger partial charge < -0.3 is 10.1 Å². The molecule has 1 aromatic carbocycles. The Kier molecular flexibility index (Phi) is 3.59. The van der Waals surface area contributed by atoms with Gasteiger partial charge in [-0.05, 0) is 25.0 Å². The molecule has 1 unspecified atom stereocenters. The number of anilines is 1. The third kappa shape index (κ3) is 2.96. The standard InChI is InChI=1S/C12H14N2O3/c15-14(16)12-7-2-1-6-11(12)13-9-10-5-3-4-8-17-10/h1-2,4,6-8,10,13H,3,5,9H2. The van der Waals surface area contributed by atoms with Crippen LogP contribution < -0.4 is 5.32 Å². The monoisotopic (exact) mass is 234 g/mol. The number of allylic oxidation sites excluding steroid dienone is 1. The van der Waals surface area contributed by atoms with Crippen molar-refractivity contribution in [1.29, 1.82) is 0 Å². The lowest BCUT2D eigenvalue weighted by Crippen LogP contribution is -2.23. The molecule has 0 bridgehead atoms. The molecule has 0 spiro atoms. The van der Waals surface area contributed by atoms with Gasteiger partial charge in [-0.1, -0.05) is 12.1 Å². The molecular formula is C12H14N2O3. The first-order valence-electron chi connectivity index (χ1n) is 5.55. The van der Waals surface area contributed by atoms with Crippen molar-refractivity contribution in [2.45, 2.75) is 18.9 Å². The highest BCUT2D eigenvalue weighted by atomic mass is 16.6. The second-order valence-electron chi connectivity index (χ2n) is 3.86. The summed E-state index contributed by atoms with van der Waals surface area (Å²) < 4.78 is 5.39. The summed E-state index contributed by atoms with van der Waals surface area (Å²) in [6, 6.07) is 6.63. The average Bonchev–Trinajstić information content (AvgIpc) is 2.38. The minimum atomic E-state index is -0.385. The van der Waals surface area contributed by atoms with Crippen molar-refractivity contribution in [1.82, 2.24) is 0 Å². The second kappa shape index (κ2) is 5.34.